The summed E-state index contributed by atoms with van der Waals surface area (Å²) in [5.41, 5.74) is 3.28. The third kappa shape index (κ3) is 2.12. The summed E-state index contributed by atoms with van der Waals surface area (Å²) in [5, 5.41) is 0.975. The minimum absolute atomic E-state index is 0.536. The SMILES string of the molecule is CSc1cnc2ccc(C(C)C)cc2n1. The molecule has 0 radical (unpaired) electrons. The lowest BCUT2D eigenvalue weighted by Gasteiger charge is -2.06. The minimum Gasteiger partial charge on any atom is -0.252 e. The summed E-state index contributed by atoms with van der Waals surface area (Å²) in [5.74, 6) is 0.536. The first-order valence-corrected chi connectivity index (χ1v) is 6.24. The molecule has 0 aliphatic carbocycles. The van der Waals surface area contributed by atoms with Gasteiger partial charge < -0.3 is 0 Å². The third-order valence-electron chi connectivity index (χ3n) is 2.42. The lowest BCUT2D eigenvalue weighted by Crippen LogP contribution is -1.91. The van der Waals surface area contributed by atoms with E-state index in [4.69, 9.17) is 0 Å². The monoisotopic (exact) mass is 218 g/mol. The molecule has 0 atom stereocenters. The molecular weight excluding hydrogens is 204 g/mol. The number of hydrogen-bond acceptors (Lipinski definition) is 3. The summed E-state index contributed by atoms with van der Waals surface area (Å²) in [6.45, 7) is 4.38. The van der Waals surface area contributed by atoms with E-state index in [1.165, 1.54) is 5.56 Å². The molecule has 1 aromatic carbocycles. The van der Waals surface area contributed by atoms with E-state index in [0.717, 1.165) is 16.1 Å². The number of hydrogen-bond donors (Lipinski definition) is 0. The zero-order valence-electron chi connectivity index (χ0n) is 9.19. The number of rotatable bonds is 2. The molecule has 2 nitrogen and oxygen atoms in total. The zero-order chi connectivity index (χ0) is 10.8. The molecule has 2 rings (SSSR count). The Hall–Kier alpha value is -1.09. The second kappa shape index (κ2) is 4.19. The van der Waals surface area contributed by atoms with E-state index in [-0.39, 0.29) is 0 Å². The highest BCUT2D eigenvalue weighted by molar-refractivity contribution is 7.98. The topological polar surface area (TPSA) is 25.8 Å². The van der Waals surface area contributed by atoms with Gasteiger partial charge in [-0.15, -0.1) is 11.8 Å². The maximum absolute atomic E-state index is 4.54. The number of benzene rings is 1. The number of nitrogens with zero attached hydrogens (tertiary/aromatic N) is 2. The first-order chi connectivity index (χ1) is 7.20. The van der Waals surface area contributed by atoms with Crippen LogP contribution in [0.3, 0.4) is 0 Å². The van der Waals surface area contributed by atoms with Crippen LogP contribution in [0.15, 0.2) is 29.4 Å². The van der Waals surface area contributed by atoms with Crippen molar-refractivity contribution in [3.63, 3.8) is 0 Å². The summed E-state index contributed by atoms with van der Waals surface area (Å²) < 4.78 is 0. The summed E-state index contributed by atoms with van der Waals surface area (Å²) >= 11 is 1.62. The molecule has 0 fully saturated rings. The summed E-state index contributed by atoms with van der Waals surface area (Å²) in [4.78, 5) is 8.91. The number of thioether (sulfide) groups is 1. The second-order valence-corrected chi connectivity index (χ2v) is 4.64. The average Bonchev–Trinajstić information content (AvgIpc) is 2.27. The van der Waals surface area contributed by atoms with Gasteiger partial charge in [-0.05, 0) is 29.9 Å². The third-order valence-corrected chi connectivity index (χ3v) is 3.03. The van der Waals surface area contributed by atoms with Gasteiger partial charge in [-0.2, -0.15) is 0 Å². The normalized spacial score (nSPS) is 11.2. The molecule has 0 bridgehead atoms. The smallest absolute Gasteiger partial charge is 0.115 e. The van der Waals surface area contributed by atoms with Crippen molar-refractivity contribution in [1.29, 1.82) is 0 Å². The maximum atomic E-state index is 4.54. The lowest BCUT2D eigenvalue weighted by molar-refractivity contribution is 0.867. The number of fused-ring (bicyclic) bond motifs is 1. The fourth-order valence-electron chi connectivity index (χ4n) is 1.47. The van der Waals surface area contributed by atoms with Crippen molar-refractivity contribution >= 4 is 22.8 Å². The van der Waals surface area contributed by atoms with Crippen molar-refractivity contribution in [2.45, 2.75) is 24.8 Å². The lowest BCUT2D eigenvalue weighted by atomic mass is 10.0. The Morgan fingerprint density at radius 1 is 1.20 bits per heavy atom. The molecule has 2 aromatic rings. The standard InChI is InChI=1S/C12H14N2S/c1-8(2)9-4-5-10-11(6-9)14-12(15-3)7-13-10/h4-8H,1-3H3. The van der Waals surface area contributed by atoms with Crippen LogP contribution in [0.1, 0.15) is 25.3 Å². The second-order valence-electron chi connectivity index (χ2n) is 3.82. The van der Waals surface area contributed by atoms with Gasteiger partial charge in [-0.25, -0.2) is 4.98 Å². The highest BCUT2D eigenvalue weighted by atomic mass is 32.2. The maximum Gasteiger partial charge on any atom is 0.115 e. The van der Waals surface area contributed by atoms with Crippen molar-refractivity contribution in [2.24, 2.45) is 0 Å². The van der Waals surface area contributed by atoms with Gasteiger partial charge in [0.05, 0.1) is 17.2 Å². The molecule has 1 aromatic heterocycles. The molecule has 0 saturated heterocycles. The van der Waals surface area contributed by atoms with Crippen molar-refractivity contribution in [3.05, 3.63) is 30.0 Å². The minimum atomic E-state index is 0.536. The van der Waals surface area contributed by atoms with Gasteiger partial charge in [0.2, 0.25) is 0 Å². The predicted molar refractivity (Wildman–Crippen MR) is 65.4 cm³/mol. The fraction of sp³-hybridized carbons (Fsp3) is 0.333. The molecule has 3 heteroatoms. The average molecular weight is 218 g/mol. The van der Waals surface area contributed by atoms with E-state index < -0.39 is 0 Å². The van der Waals surface area contributed by atoms with E-state index >= 15 is 0 Å². The Morgan fingerprint density at radius 2 is 2.00 bits per heavy atom. The zero-order valence-corrected chi connectivity index (χ0v) is 10.0. The van der Waals surface area contributed by atoms with Crippen LogP contribution in [0.25, 0.3) is 11.0 Å². The highest BCUT2D eigenvalue weighted by Crippen LogP contribution is 2.20. The van der Waals surface area contributed by atoms with Crippen LogP contribution in [-0.4, -0.2) is 16.2 Å². The summed E-state index contributed by atoms with van der Waals surface area (Å²) in [6, 6.07) is 6.30. The van der Waals surface area contributed by atoms with Gasteiger partial charge in [0.15, 0.2) is 0 Å². The Morgan fingerprint density at radius 3 is 2.67 bits per heavy atom. The van der Waals surface area contributed by atoms with E-state index in [2.05, 4.69) is 35.9 Å². The van der Waals surface area contributed by atoms with Crippen LogP contribution in [0.2, 0.25) is 0 Å². The van der Waals surface area contributed by atoms with Crippen LogP contribution in [0.5, 0.6) is 0 Å². The Balaban J connectivity index is 2.57. The first-order valence-electron chi connectivity index (χ1n) is 5.01. The fourth-order valence-corrected chi connectivity index (χ4v) is 1.82. The molecule has 0 saturated carbocycles. The highest BCUT2D eigenvalue weighted by Gasteiger charge is 2.03. The molecular formula is C12H14N2S. The molecule has 0 spiro atoms. The van der Waals surface area contributed by atoms with Crippen molar-refractivity contribution in [3.8, 4) is 0 Å². The summed E-state index contributed by atoms with van der Waals surface area (Å²) in [6.07, 6.45) is 3.84. The predicted octanol–water partition coefficient (Wildman–Crippen LogP) is 3.48. The van der Waals surface area contributed by atoms with E-state index in [0.29, 0.717) is 5.92 Å². The Bertz CT molecular complexity index is 480. The van der Waals surface area contributed by atoms with Gasteiger partial charge in [-0.3, -0.25) is 4.98 Å². The van der Waals surface area contributed by atoms with E-state index in [9.17, 15) is 0 Å². The van der Waals surface area contributed by atoms with Crippen LogP contribution in [-0.2, 0) is 0 Å². The molecule has 15 heavy (non-hydrogen) atoms. The largest absolute Gasteiger partial charge is 0.252 e. The van der Waals surface area contributed by atoms with Crippen LogP contribution in [0, 0.1) is 0 Å². The van der Waals surface area contributed by atoms with E-state index in [1.807, 2.05) is 18.5 Å². The molecule has 0 N–H and O–H groups in total. The van der Waals surface area contributed by atoms with Gasteiger partial charge in [0.25, 0.3) is 0 Å². The Kier molecular flexibility index (Phi) is 2.91. The van der Waals surface area contributed by atoms with Crippen LogP contribution in [0.4, 0.5) is 0 Å². The van der Waals surface area contributed by atoms with Crippen molar-refractivity contribution < 1.29 is 0 Å². The first kappa shape index (κ1) is 10.4. The molecule has 78 valence electrons. The molecule has 1 heterocycles. The molecule has 0 aliphatic rings. The van der Waals surface area contributed by atoms with Gasteiger partial charge in [0, 0.05) is 0 Å². The van der Waals surface area contributed by atoms with Crippen LogP contribution < -0.4 is 0 Å². The van der Waals surface area contributed by atoms with Gasteiger partial charge >= 0.3 is 0 Å². The van der Waals surface area contributed by atoms with Gasteiger partial charge in [-0.1, -0.05) is 19.9 Å². The van der Waals surface area contributed by atoms with Crippen LogP contribution >= 0.6 is 11.8 Å². The molecule has 0 aliphatic heterocycles. The molecule has 0 amide bonds. The number of aromatic nitrogens is 2. The summed E-state index contributed by atoms with van der Waals surface area (Å²) in [7, 11) is 0. The Labute approximate surface area is 94.1 Å². The quantitative estimate of drug-likeness (QED) is 0.722. The van der Waals surface area contributed by atoms with Gasteiger partial charge in [0.1, 0.15) is 5.03 Å². The molecule has 0 unspecified atom stereocenters. The van der Waals surface area contributed by atoms with Crippen molar-refractivity contribution in [1.82, 2.24) is 9.97 Å². The van der Waals surface area contributed by atoms with Crippen molar-refractivity contribution in [2.75, 3.05) is 6.26 Å². The van der Waals surface area contributed by atoms with E-state index in [1.54, 1.807) is 11.8 Å².